The lowest BCUT2D eigenvalue weighted by Crippen LogP contribution is -2.19. The van der Waals surface area contributed by atoms with Gasteiger partial charge in [0.05, 0.1) is 18.4 Å². The number of benzene rings is 2. The fraction of sp³-hybridized carbons (Fsp3) is 0.111. The zero-order chi connectivity index (χ0) is 15.8. The first-order valence-electron chi connectivity index (χ1n) is 6.91. The zero-order valence-corrected chi connectivity index (χ0v) is 12.6. The third kappa shape index (κ3) is 4.31. The number of nitrogens with one attached hydrogen (secondary N) is 1. The summed E-state index contributed by atoms with van der Waals surface area (Å²) in [5.41, 5.74) is 4.76. The summed E-state index contributed by atoms with van der Waals surface area (Å²) in [6.07, 6.45) is 3.78. The molecule has 0 atom stereocenters. The molecule has 0 spiro atoms. The molecule has 0 radical (unpaired) electrons. The van der Waals surface area contributed by atoms with Gasteiger partial charge in [-0.05, 0) is 30.7 Å². The van der Waals surface area contributed by atoms with Gasteiger partial charge in [-0.15, -0.1) is 0 Å². The average molecular weight is 294 g/mol. The highest BCUT2D eigenvalue weighted by molar-refractivity contribution is 6.00. The van der Waals surface area contributed by atoms with Crippen LogP contribution in [-0.2, 0) is 0 Å². The molecule has 0 saturated carbocycles. The van der Waals surface area contributed by atoms with Crippen LogP contribution in [0.15, 0.2) is 65.8 Å². The Morgan fingerprint density at radius 2 is 1.77 bits per heavy atom. The highest BCUT2D eigenvalue weighted by Gasteiger charge is 2.10. The molecule has 0 aliphatic carbocycles. The van der Waals surface area contributed by atoms with Crippen molar-refractivity contribution in [2.45, 2.75) is 6.92 Å². The molecule has 1 N–H and O–H groups in total. The van der Waals surface area contributed by atoms with E-state index in [4.69, 9.17) is 4.74 Å². The molecule has 2 rings (SSSR count). The molecule has 0 bridgehead atoms. The summed E-state index contributed by atoms with van der Waals surface area (Å²) in [5, 5.41) is 4.07. The predicted octanol–water partition coefficient (Wildman–Crippen LogP) is 3.51. The van der Waals surface area contributed by atoms with Crippen molar-refractivity contribution in [1.82, 2.24) is 5.43 Å². The number of allylic oxidation sites excluding steroid dienone is 1. The highest BCUT2D eigenvalue weighted by atomic mass is 16.5. The van der Waals surface area contributed by atoms with E-state index < -0.39 is 0 Å². The van der Waals surface area contributed by atoms with Crippen LogP contribution < -0.4 is 10.2 Å². The van der Waals surface area contributed by atoms with E-state index in [1.54, 1.807) is 18.2 Å². The van der Waals surface area contributed by atoms with Crippen LogP contribution in [0.1, 0.15) is 22.8 Å². The summed E-state index contributed by atoms with van der Waals surface area (Å²) in [6, 6.07) is 16.9. The van der Waals surface area contributed by atoms with Crippen LogP contribution in [0.25, 0.3) is 6.08 Å². The third-order valence-electron chi connectivity index (χ3n) is 3.00. The van der Waals surface area contributed by atoms with Crippen LogP contribution >= 0.6 is 0 Å². The summed E-state index contributed by atoms with van der Waals surface area (Å²) in [6.45, 7) is 1.82. The first kappa shape index (κ1) is 15.5. The molecule has 1 amide bonds. The maximum Gasteiger partial charge on any atom is 0.275 e. The van der Waals surface area contributed by atoms with E-state index in [1.807, 2.05) is 55.5 Å². The van der Waals surface area contributed by atoms with Gasteiger partial charge < -0.3 is 4.74 Å². The second kappa shape index (κ2) is 7.78. The van der Waals surface area contributed by atoms with E-state index in [0.29, 0.717) is 17.0 Å². The van der Waals surface area contributed by atoms with Gasteiger partial charge in [0.25, 0.3) is 5.91 Å². The molecule has 4 nitrogen and oxygen atoms in total. The maximum atomic E-state index is 12.1. The lowest BCUT2D eigenvalue weighted by atomic mass is 10.2. The number of hydrogen-bond donors (Lipinski definition) is 1. The number of para-hydroxylation sites is 1. The Kier molecular flexibility index (Phi) is 5.49. The molecule has 0 fully saturated rings. The predicted molar refractivity (Wildman–Crippen MR) is 89.0 cm³/mol. The molecule has 0 saturated heterocycles. The Morgan fingerprint density at radius 3 is 2.50 bits per heavy atom. The Labute approximate surface area is 130 Å². The number of hydrazone groups is 1. The molecule has 0 aliphatic heterocycles. The quantitative estimate of drug-likeness (QED) is 0.677. The number of ether oxygens (including phenoxy) is 1. The topological polar surface area (TPSA) is 50.7 Å². The molecule has 2 aromatic rings. The number of rotatable bonds is 5. The molecule has 4 heteroatoms. The smallest absolute Gasteiger partial charge is 0.275 e. The van der Waals surface area contributed by atoms with Crippen molar-refractivity contribution in [3.8, 4) is 5.75 Å². The van der Waals surface area contributed by atoms with E-state index in [-0.39, 0.29) is 5.91 Å². The van der Waals surface area contributed by atoms with Gasteiger partial charge >= 0.3 is 0 Å². The van der Waals surface area contributed by atoms with Gasteiger partial charge in [-0.25, -0.2) is 5.43 Å². The summed E-state index contributed by atoms with van der Waals surface area (Å²) >= 11 is 0. The fourth-order valence-electron chi connectivity index (χ4n) is 1.85. The third-order valence-corrected chi connectivity index (χ3v) is 3.00. The number of nitrogens with zero attached hydrogens (tertiary/aromatic N) is 1. The summed E-state index contributed by atoms with van der Waals surface area (Å²) in [7, 11) is 1.53. The minimum Gasteiger partial charge on any atom is -0.496 e. The van der Waals surface area contributed by atoms with Gasteiger partial charge in [0.2, 0.25) is 0 Å². The van der Waals surface area contributed by atoms with Crippen LogP contribution in [0.4, 0.5) is 0 Å². The Hall–Kier alpha value is -2.88. The molecule has 0 heterocycles. The van der Waals surface area contributed by atoms with Crippen LogP contribution in [0.5, 0.6) is 5.75 Å². The van der Waals surface area contributed by atoms with E-state index in [9.17, 15) is 4.79 Å². The lowest BCUT2D eigenvalue weighted by Gasteiger charge is -2.06. The average Bonchev–Trinajstić information content (AvgIpc) is 2.58. The molecule has 0 unspecified atom stereocenters. The van der Waals surface area contributed by atoms with Gasteiger partial charge in [-0.1, -0.05) is 48.5 Å². The number of methoxy groups -OCH3 is 1. The molecule has 0 aliphatic rings. The van der Waals surface area contributed by atoms with Crippen LogP contribution in [-0.4, -0.2) is 18.7 Å². The first-order chi connectivity index (χ1) is 10.7. The summed E-state index contributed by atoms with van der Waals surface area (Å²) in [5.74, 6) is 0.220. The number of hydrogen-bond acceptors (Lipinski definition) is 3. The second-order valence-corrected chi connectivity index (χ2v) is 4.64. The molecule has 0 aromatic heterocycles. The summed E-state index contributed by atoms with van der Waals surface area (Å²) < 4.78 is 5.16. The molecule has 112 valence electrons. The minimum absolute atomic E-state index is 0.301. The van der Waals surface area contributed by atoms with Crippen molar-refractivity contribution < 1.29 is 9.53 Å². The van der Waals surface area contributed by atoms with Gasteiger partial charge in [-0.3, -0.25) is 4.79 Å². The molecular weight excluding hydrogens is 276 g/mol. The first-order valence-corrected chi connectivity index (χ1v) is 6.91. The number of amides is 1. The van der Waals surface area contributed by atoms with E-state index >= 15 is 0 Å². The largest absolute Gasteiger partial charge is 0.496 e. The SMILES string of the molecule is COc1ccccc1C(=O)N/N=C(C)/C=C/c1ccccc1. The molecule has 22 heavy (non-hydrogen) atoms. The van der Waals surface area contributed by atoms with Crippen LogP contribution in [0.2, 0.25) is 0 Å². The Morgan fingerprint density at radius 1 is 1.09 bits per heavy atom. The Balaban J connectivity index is 2.01. The van der Waals surface area contributed by atoms with Crippen LogP contribution in [0.3, 0.4) is 0 Å². The monoisotopic (exact) mass is 294 g/mol. The van der Waals surface area contributed by atoms with Gasteiger partial charge in [0, 0.05) is 0 Å². The van der Waals surface area contributed by atoms with Crippen molar-refractivity contribution in [3.63, 3.8) is 0 Å². The molecule has 2 aromatic carbocycles. The van der Waals surface area contributed by atoms with Gasteiger partial charge in [-0.2, -0.15) is 5.10 Å². The van der Waals surface area contributed by atoms with E-state index in [1.165, 1.54) is 7.11 Å². The second-order valence-electron chi connectivity index (χ2n) is 4.64. The molecular formula is C18H18N2O2. The van der Waals surface area contributed by atoms with Gasteiger partial charge in [0.1, 0.15) is 5.75 Å². The van der Waals surface area contributed by atoms with Crippen molar-refractivity contribution >= 4 is 17.7 Å². The number of carbonyl (C=O) groups is 1. The van der Waals surface area contributed by atoms with Crippen LogP contribution in [0, 0.1) is 0 Å². The van der Waals surface area contributed by atoms with Crippen molar-refractivity contribution in [1.29, 1.82) is 0 Å². The minimum atomic E-state index is -0.301. The standard InChI is InChI=1S/C18H18N2O2/c1-14(12-13-15-8-4-3-5-9-15)19-20-18(21)16-10-6-7-11-17(16)22-2/h3-13H,1-2H3,(H,20,21)/b13-12+,19-14+. The maximum absolute atomic E-state index is 12.1. The normalized spacial score (nSPS) is 11.5. The van der Waals surface area contributed by atoms with Gasteiger partial charge in [0.15, 0.2) is 0 Å². The highest BCUT2D eigenvalue weighted by Crippen LogP contribution is 2.16. The Bertz CT molecular complexity index is 691. The zero-order valence-electron chi connectivity index (χ0n) is 12.6. The lowest BCUT2D eigenvalue weighted by molar-refractivity contribution is 0.0952. The van der Waals surface area contributed by atoms with Crippen molar-refractivity contribution in [3.05, 3.63) is 71.8 Å². The summed E-state index contributed by atoms with van der Waals surface area (Å²) in [4.78, 5) is 12.1. The fourth-order valence-corrected chi connectivity index (χ4v) is 1.85. The number of carbonyl (C=O) groups excluding carboxylic acids is 1. The van der Waals surface area contributed by atoms with E-state index in [2.05, 4.69) is 10.5 Å². The van der Waals surface area contributed by atoms with E-state index in [0.717, 1.165) is 5.56 Å². The van der Waals surface area contributed by atoms with Crippen molar-refractivity contribution in [2.75, 3.05) is 7.11 Å². The van der Waals surface area contributed by atoms with Crippen molar-refractivity contribution in [2.24, 2.45) is 5.10 Å².